The van der Waals surface area contributed by atoms with Gasteiger partial charge in [-0.3, -0.25) is 9.48 Å². The summed E-state index contributed by atoms with van der Waals surface area (Å²) in [6.07, 6.45) is -1.31. The van der Waals surface area contributed by atoms with Gasteiger partial charge in [0.05, 0.1) is 29.4 Å². The highest BCUT2D eigenvalue weighted by molar-refractivity contribution is 5.90. The Morgan fingerprint density at radius 2 is 2.04 bits per heavy atom. The zero-order valence-corrected chi connectivity index (χ0v) is 15.6. The minimum absolute atomic E-state index is 0.0490. The number of aryl methyl sites for hydroxylation is 1. The van der Waals surface area contributed by atoms with E-state index in [1.54, 1.807) is 4.68 Å². The fraction of sp³-hybridized carbons (Fsp3) is 0.706. The first kappa shape index (κ1) is 21.0. The third-order valence-electron chi connectivity index (χ3n) is 4.74. The molecule has 1 aliphatic heterocycles. The molecule has 1 aliphatic rings. The van der Waals surface area contributed by atoms with Crippen LogP contribution in [0.2, 0.25) is 0 Å². The molecular formula is C17H25F3N4O3. The summed E-state index contributed by atoms with van der Waals surface area (Å²) in [6, 6.07) is -0.745. The standard InChI is InChI=1S/C17H25F3N4O3/c1-4-5-6-24-14(10(2)3)13(7-21-24)22-16(27)23-8-11(15(25)26)12(9-23)17(18,19)20/h7,10-12H,4-6,8-9H2,1-3H3,(H,22,27)(H,25,26)/t11-,12-/m1/s1. The number of alkyl halides is 3. The third kappa shape index (κ3) is 4.72. The van der Waals surface area contributed by atoms with Crippen LogP contribution in [-0.4, -0.2) is 51.1 Å². The van der Waals surface area contributed by atoms with Crippen LogP contribution in [0.5, 0.6) is 0 Å². The average Bonchev–Trinajstić information content (AvgIpc) is 3.16. The number of anilines is 1. The van der Waals surface area contributed by atoms with E-state index < -0.39 is 43.1 Å². The van der Waals surface area contributed by atoms with Gasteiger partial charge >= 0.3 is 18.2 Å². The van der Waals surface area contributed by atoms with E-state index in [0.29, 0.717) is 12.2 Å². The number of halogens is 3. The first-order valence-electron chi connectivity index (χ1n) is 8.97. The summed E-state index contributed by atoms with van der Waals surface area (Å²) in [7, 11) is 0. The van der Waals surface area contributed by atoms with E-state index in [4.69, 9.17) is 5.11 Å². The number of carbonyl (C=O) groups excluding carboxylic acids is 1. The molecule has 0 aliphatic carbocycles. The summed E-state index contributed by atoms with van der Waals surface area (Å²) < 4.78 is 41.1. The Labute approximate surface area is 155 Å². The van der Waals surface area contributed by atoms with Crippen LogP contribution in [-0.2, 0) is 11.3 Å². The first-order chi connectivity index (χ1) is 12.6. The average molecular weight is 390 g/mol. The molecule has 1 saturated heterocycles. The van der Waals surface area contributed by atoms with Gasteiger partial charge in [-0.25, -0.2) is 4.79 Å². The molecule has 2 N–H and O–H groups in total. The fourth-order valence-electron chi connectivity index (χ4n) is 3.33. The van der Waals surface area contributed by atoms with Crippen LogP contribution in [0.1, 0.15) is 45.2 Å². The molecule has 152 valence electrons. The molecule has 0 radical (unpaired) electrons. The Balaban J connectivity index is 2.16. The molecule has 2 rings (SSSR count). The fourth-order valence-corrected chi connectivity index (χ4v) is 3.33. The number of likely N-dealkylation sites (tertiary alicyclic amines) is 1. The Kier molecular flexibility index (Phi) is 6.38. The molecule has 7 nitrogen and oxygen atoms in total. The molecule has 0 saturated carbocycles. The molecule has 2 atom stereocenters. The molecule has 27 heavy (non-hydrogen) atoms. The van der Waals surface area contributed by atoms with Gasteiger partial charge in [0, 0.05) is 19.6 Å². The lowest BCUT2D eigenvalue weighted by atomic mass is 9.96. The molecule has 10 heteroatoms. The first-order valence-corrected chi connectivity index (χ1v) is 8.97. The van der Waals surface area contributed by atoms with E-state index in [2.05, 4.69) is 10.4 Å². The van der Waals surface area contributed by atoms with Gasteiger partial charge in [-0.05, 0) is 12.3 Å². The molecule has 1 aromatic rings. The second-order valence-electron chi connectivity index (χ2n) is 7.10. The van der Waals surface area contributed by atoms with E-state index in [1.165, 1.54) is 6.20 Å². The summed E-state index contributed by atoms with van der Waals surface area (Å²) in [5.41, 5.74) is 1.23. The maximum absolute atomic E-state index is 13.1. The van der Waals surface area contributed by atoms with Crippen molar-refractivity contribution in [1.29, 1.82) is 0 Å². The number of carbonyl (C=O) groups is 2. The number of amides is 2. The van der Waals surface area contributed by atoms with Crippen molar-refractivity contribution in [2.45, 2.75) is 52.3 Å². The largest absolute Gasteiger partial charge is 0.481 e. The van der Waals surface area contributed by atoms with Crippen LogP contribution in [0.3, 0.4) is 0 Å². The Hall–Kier alpha value is -2.26. The lowest BCUT2D eigenvalue weighted by Crippen LogP contribution is -2.35. The maximum atomic E-state index is 13.1. The SMILES string of the molecule is CCCCn1ncc(NC(=O)N2C[C@@H](C(F)(F)F)[C@H](C(=O)O)C2)c1C(C)C. The van der Waals surface area contributed by atoms with Crippen LogP contribution >= 0.6 is 0 Å². The number of nitrogens with zero attached hydrogens (tertiary/aromatic N) is 3. The number of aromatic nitrogens is 2. The summed E-state index contributed by atoms with van der Waals surface area (Å²) in [6.45, 7) is 5.45. The predicted molar refractivity (Wildman–Crippen MR) is 92.5 cm³/mol. The van der Waals surface area contributed by atoms with Crippen molar-refractivity contribution in [3.05, 3.63) is 11.9 Å². The van der Waals surface area contributed by atoms with Crippen LogP contribution in [0.25, 0.3) is 0 Å². The van der Waals surface area contributed by atoms with E-state index in [1.807, 2.05) is 20.8 Å². The van der Waals surface area contributed by atoms with Gasteiger partial charge in [-0.15, -0.1) is 0 Å². The van der Waals surface area contributed by atoms with Crippen molar-refractivity contribution in [1.82, 2.24) is 14.7 Å². The second-order valence-corrected chi connectivity index (χ2v) is 7.10. The van der Waals surface area contributed by atoms with Crippen molar-refractivity contribution in [3.63, 3.8) is 0 Å². The summed E-state index contributed by atoms with van der Waals surface area (Å²) >= 11 is 0. The van der Waals surface area contributed by atoms with E-state index in [-0.39, 0.29) is 5.92 Å². The molecule has 0 unspecified atom stereocenters. The Morgan fingerprint density at radius 3 is 2.52 bits per heavy atom. The van der Waals surface area contributed by atoms with Crippen molar-refractivity contribution in [2.24, 2.45) is 11.8 Å². The Morgan fingerprint density at radius 1 is 1.37 bits per heavy atom. The van der Waals surface area contributed by atoms with Crippen LogP contribution in [0.15, 0.2) is 6.20 Å². The molecule has 0 aromatic carbocycles. The lowest BCUT2D eigenvalue weighted by molar-refractivity contribution is -0.187. The minimum atomic E-state index is -4.67. The molecule has 2 heterocycles. The third-order valence-corrected chi connectivity index (χ3v) is 4.74. The van der Waals surface area contributed by atoms with Crippen LogP contribution < -0.4 is 5.32 Å². The lowest BCUT2D eigenvalue weighted by Gasteiger charge is -2.19. The highest BCUT2D eigenvalue weighted by atomic mass is 19.4. The molecule has 2 amide bonds. The van der Waals surface area contributed by atoms with Crippen molar-refractivity contribution < 1.29 is 27.9 Å². The molecule has 1 aromatic heterocycles. The molecule has 0 bridgehead atoms. The number of hydrogen-bond donors (Lipinski definition) is 2. The molecule has 1 fully saturated rings. The van der Waals surface area contributed by atoms with Gasteiger partial charge in [-0.2, -0.15) is 18.3 Å². The van der Waals surface area contributed by atoms with E-state index >= 15 is 0 Å². The summed E-state index contributed by atoms with van der Waals surface area (Å²) in [5.74, 6) is -5.24. The normalized spacial score (nSPS) is 20.3. The number of nitrogens with one attached hydrogen (secondary N) is 1. The van der Waals surface area contributed by atoms with Crippen molar-refractivity contribution in [3.8, 4) is 0 Å². The Bertz CT molecular complexity index is 687. The van der Waals surface area contributed by atoms with E-state index in [0.717, 1.165) is 23.4 Å². The van der Waals surface area contributed by atoms with Crippen LogP contribution in [0.4, 0.5) is 23.7 Å². The summed E-state index contributed by atoms with van der Waals surface area (Å²) in [5, 5.41) is 15.9. The van der Waals surface area contributed by atoms with E-state index in [9.17, 15) is 22.8 Å². The smallest absolute Gasteiger partial charge is 0.394 e. The van der Waals surface area contributed by atoms with Gasteiger partial charge in [0.25, 0.3) is 0 Å². The molecule has 0 spiro atoms. The monoisotopic (exact) mass is 390 g/mol. The maximum Gasteiger partial charge on any atom is 0.394 e. The van der Waals surface area contributed by atoms with Crippen molar-refractivity contribution in [2.75, 3.05) is 18.4 Å². The van der Waals surface area contributed by atoms with Gasteiger partial charge in [0.15, 0.2) is 0 Å². The predicted octanol–water partition coefficient (Wildman–Crippen LogP) is 3.53. The number of unbranched alkanes of at least 4 members (excludes halogenated alkanes) is 1. The zero-order chi connectivity index (χ0) is 20.4. The van der Waals surface area contributed by atoms with Gasteiger partial charge in [0.1, 0.15) is 0 Å². The second kappa shape index (κ2) is 8.18. The summed E-state index contributed by atoms with van der Waals surface area (Å²) in [4.78, 5) is 24.5. The molecular weight excluding hydrogens is 365 g/mol. The topological polar surface area (TPSA) is 87.5 Å². The van der Waals surface area contributed by atoms with Crippen LogP contribution in [0, 0.1) is 11.8 Å². The number of hydrogen-bond acceptors (Lipinski definition) is 3. The highest BCUT2D eigenvalue weighted by Gasteiger charge is 2.53. The number of urea groups is 1. The number of carboxylic acids is 1. The highest BCUT2D eigenvalue weighted by Crippen LogP contribution is 2.38. The van der Waals surface area contributed by atoms with Gasteiger partial charge < -0.3 is 15.3 Å². The number of aliphatic carboxylic acids is 1. The zero-order valence-electron chi connectivity index (χ0n) is 15.6. The van der Waals surface area contributed by atoms with Crippen molar-refractivity contribution >= 4 is 17.7 Å². The van der Waals surface area contributed by atoms with Gasteiger partial charge in [-0.1, -0.05) is 27.2 Å². The number of rotatable bonds is 6. The minimum Gasteiger partial charge on any atom is -0.481 e. The van der Waals surface area contributed by atoms with Gasteiger partial charge in [0.2, 0.25) is 0 Å². The number of carboxylic acid groups (broad SMARTS) is 1. The quantitative estimate of drug-likeness (QED) is 0.778.